The van der Waals surface area contributed by atoms with Gasteiger partial charge in [-0.25, -0.2) is 9.97 Å². The minimum Gasteiger partial charge on any atom is -0.341 e. The van der Waals surface area contributed by atoms with Crippen LogP contribution in [-0.4, -0.2) is 35.6 Å². The van der Waals surface area contributed by atoms with Crippen LogP contribution in [0.1, 0.15) is 31.2 Å². The second-order valence-corrected chi connectivity index (χ2v) is 5.10. The predicted octanol–water partition coefficient (Wildman–Crippen LogP) is 1.23. The van der Waals surface area contributed by atoms with Gasteiger partial charge in [0.1, 0.15) is 11.8 Å². The predicted molar refractivity (Wildman–Crippen MR) is 70.4 cm³/mol. The number of nitrogens with zero attached hydrogens (tertiary/aromatic N) is 4. The summed E-state index contributed by atoms with van der Waals surface area (Å²) in [5.41, 5.74) is 1.50. The first-order valence-electron chi connectivity index (χ1n) is 6.26. The van der Waals surface area contributed by atoms with Crippen molar-refractivity contribution in [3.63, 3.8) is 0 Å². The van der Waals surface area contributed by atoms with Gasteiger partial charge in [0.05, 0.1) is 0 Å². The summed E-state index contributed by atoms with van der Waals surface area (Å²) in [6.07, 6.45) is 2.12. The zero-order valence-electron chi connectivity index (χ0n) is 11.2. The third-order valence-electron chi connectivity index (χ3n) is 3.71. The fourth-order valence-electron chi connectivity index (χ4n) is 2.20. The minimum atomic E-state index is 0.207. The van der Waals surface area contributed by atoms with Gasteiger partial charge in [-0.2, -0.15) is 5.26 Å². The van der Waals surface area contributed by atoms with Gasteiger partial charge in [0.2, 0.25) is 5.95 Å². The average Bonchev–Trinajstić information content (AvgIpc) is 2.39. The maximum atomic E-state index is 8.94. The molecule has 5 nitrogen and oxygen atoms in total. The van der Waals surface area contributed by atoms with Crippen LogP contribution in [0, 0.1) is 18.3 Å². The molecule has 1 N–H and O–H groups in total. The largest absolute Gasteiger partial charge is 0.341 e. The fraction of sp³-hybridized carbons (Fsp3) is 0.615. The number of aryl methyl sites for hydroxylation is 1. The van der Waals surface area contributed by atoms with Crippen molar-refractivity contribution < 1.29 is 0 Å². The van der Waals surface area contributed by atoms with Gasteiger partial charge >= 0.3 is 0 Å². The molecule has 96 valence electrons. The van der Waals surface area contributed by atoms with Crippen molar-refractivity contribution in [1.82, 2.24) is 15.3 Å². The smallest absolute Gasteiger partial charge is 0.226 e. The molecule has 1 aliphatic heterocycles. The molecule has 0 radical (unpaired) electrons. The number of rotatable bonds is 2. The van der Waals surface area contributed by atoms with E-state index in [2.05, 4.69) is 33.2 Å². The highest BCUT2D eigenvalue weighted by atomic mass is 15.3. The Morgan fingerprint density at radius 2 is 2.06 bits per heavy atom. The quantitative estimate of drug-likeness (QED) is 0.849. The van der Waals surface area contributed by atoms with Crippen molar-refractivity contribution in [3.05, 3.63) is 17.5 Å². The summed E-state index contributed by atoms with van der Waals surface area (Å²) in [4.78, 5) is 10.9. The van der Waals surface area contributed by atoms with E-state index in [4.69, 9.17) is 5.26 Å². The number of anilines is 1. The summed E-state index contributed by atoms with van der Waals surface area (Å²) in [7, 11) is 2.01. The molecule has 2 heterocycles. The summed E-state index contributed by atoms with van der Waals surface area (Å²) < 4.78 is 0. The topological polar surface area (TPSA) is 64.8 Å². The monoisotopic (exact) mass is 245 g/mol. The van der Waals surface area contributed by atoms with Gasteiger partial charge in [0.15, 0.2) is 0 Å². The van der Waals surface area contributed by atoms with Crippen molar-refractivity contribution in [1.29, 1.82) is 5.26 Å². The summed E-state index contributed by atoms with van der Waals surface area (Å²) in [6, 6.07) is 3.80. The van der Waals surface area contributed by atoms with E-state index in [0.717, 1.165) is 31.6 Å². The lowest BCUT2D eigenvalue weighted by Gasteiger charge is -2.39. The summed E-state index contributed by atoms with van der Waals surface area (Å²) in [5, 5.41) is 12.3. The van der Waals surface area contributed by atoms with Gasteiger partial charge in [0.25, 0.3) is 0 Å². The van der Waals surface area contributed by atoms with Crippen LogP contribution in [0.5, 0.6) is 0 Å². The Bertz CT molecular complexity index is 469. The van der Waals surface area contributed by atoms with Gasteiger partial charge in [-0.3, -0.25) is 0 Å². The first-order valence-corrected chi connectivity index (χ1v) is 6.26. The molecule has 2 rings (SSSR count). The molecule has 0 amide bonds. The van der Waals surface area contributed by atoms with Crippen LogP contribution in [0.2, 0.25) is 0 Å². The number of hydrogen-bond acceptors (Lipinski definition) is 5. The Kier molecular flexibility index (Phi) is 3.48. The highest BCUT2D eigenvalue weighted by molar-refractivity contribution is 5.36. The van der Waals surface area contributed by atoms with Crippen molar-refractivity contribution in [2.24, 2.45) is 0 Å². The molecule has 1 fully saturated rings. The van der Waals surface area contributed by atoms with Crippen molar-refractivity contribution in [3.8, 4) is 6.07 Å². The third kappa shape index (κ3) is 2.59. The molecule has 0 atom stereocenters. The molecule has 1 aromatic rings. The molecule has 0 aromatic carbocycles. The number of nitriles is 1. The number of nitrogens with one attached hydrogen (secondary N) is 1. The van der Waals surface area contributed by atoms with Crippen molar-refractivity contribution >= 4 is 5.95 Å². The Morgan fingerprint density at radius 1 is 1.39 bits per heavy atom. The molecule has 5 heteroatoms. The Labute approximate surface area is 108 Å². The highest BCUT2D eigenvalue weighted by Gasteiger charge is 2.29. The molecular weight excluding hydrogens is 226 g/mol. The van der Waals surface area contributed by atoms with Crippen LogP contribution in [0.4, 0.5) is 5.95 Å². The molecule has 0 aliphatic carbocycles. The van der Waals surface area contributed by atoms with Gasteiger partial charge in [-0.15, -0.1) is 0 Å². The number of hydrogen-bond donors (Lipinski definition) is 1. The second kappa shape index (κ2) is 4.91. The van der Waals surface area contributed by atoms with Crippen LogP contribution in [0.3, 0.4) is 0 Å². The molecule has 0 bridgehead atoms. The van der Waals surface area contributed by atoms with Crippen LogP contribution in [-0.2, 0) is 0 Å². The van der Waals surface area contributed by atoms with E-state index >= 15 is 0 Å². The van der Waals surface area contributed by atoms with E-state index in [0.29, 0.717) is 11.6 Å². The van der Waals surface area contributed by atoms with Gasteiger partial charge in [0, 0.05) is 24.3 Å². The summed E-state index contributed by atoms with van der Waals surface area (Å²) in [6.45, 7) is 5.98. The fourth-order valence-corrected chi connectivity index (χ4v) is 2.20. The third-order valence-corrected chi connectivity index (χ3v) is 3.71. The first kappa shape index (κ1) is 12.8. The molecule has 0 saturated carbocycles. The van der Waals surface area contributed by atoms with Crippen molar-refractivity contribution in [2.75, 3.05) is 25.0 Å². The van der Waals surface area contributed by atoms with Crippen LogP contribution in [0.15, 0.2) is 6.07 Å². The normalized spacial score (nSPS) is 18.4. The van der Waals surface area contributed by atoms with Gasteiger partial charge in [-0.1, -0.05) is 0 Å². The Morgan fingerprint density at radius 3 is 2.61 bits per heavy atom. The van der Waals surface area contributed by atoms with E-state index in [1.807, 2.05) is 14.0 Å². The molecule has 1 aromatic heterocycles. The molecule has 1 saturated heterocycles. The summed E-state index contributed by atoms with van der Waals surface area (Å²) >= 11 is 0. The standard InChI is InChI=1S/C13H19N5/c1-10-8-11(9-14)17-12(16-10)18-6-4-13(2,15-3)5-7-18/h8,15H,4-7H2,1-3H3. The maximum absolute atomic E-state index is 8.94. The van der Waals surface area contributed by atoms with Gasteiger partial charge in [-0.05, 0) is 39.8 Å². The zero-order chi connectivity index (χ0) is 13.2. The van der Waals surface area contributed by atoms with Crippen LogP contribution >= 0.6 is 0 Å². The molecule has 0 unspecified atom stereocenters. The summed E-state index contributed by atoms with van der Waals surface area (Å²) in [5.74, 6) is 0.685. The molecular formula is C13H19N5. The van der Waals surface area contributed by atoms with Crippen LogP contribution in [0.25, 0.3) is 0 Å². The SMILES string of the molecule is CNC1(C)CCN(c2nc(C)cc(C#N)n2)CC1. The minimum absolute atomic E-state index is 0.207. The van der Waals surface area contributed by atoms with E-state index in [-0.39, 0.29) is 5.54 Å². The zero-order valence-corrected chi connectivity index (χ0v) is 11.2. The van der Waals surface area contributed by atoms with E-state index in [9.17, 15) is 0 Å². The number of piperidine rings is 1. The van der Waals surface area contributed by atoms with Crippen molar-refractivity contribution in [2.45, 2.75) is 32.2 Å². The Balaban J connectivity index is 2.15. The molecule has 18 heavy (non-hydrogen) atoms. The van der Waals surface area contributed by atoms with Crippen LogP contribution < -0.4 is 10.2 Å². The lowest BCUT2D eigenvalue weighted by molar-refractivity contribution is 0.303. The highest BCUT2D eigenvalue weighted by Crippen LogP contribution is 2.23. The number of aromatic nitrogens is 2. The maximum Gasteiger partial charge on any atom is 0.226 e. The van der Waals surface area contributed by atoms with E-state index < -0.39 is 0 Å². The van der Waals surface area contributed by atoms with E-state index in [1.165, 1.54) is 0 Å². The molecule has 0 spiro atoms. The Hall–Kier alpha value is -1.67. The lowest BCUT2D eigenvalue weighted by Crippen LogP contribution is -2.50. The molecule has 1 aliphatic rings. The lowest BCUT2D eigenvalue weighted by atomic mass is 9.90. The van der Waals surface area contributed by atoms with E-state index in [1.54, 1.807) is 6.07 Å². The first-order chi connectivity index (χ1) is 8.56. The average molecular weight is 245 g/mol. The van der Waals surface area contributed by atoms with Gasteiger partial charge < -0.3 is 10.2 Å². The second-order valence-electron chi connectivity index (χ2n) is 5.10.